The molecule has 1 N–H and O–H groups in total. The van der Waals surface area contributed by atoms with Gasteiger partial charge in [0.25, 0.3) is 0 Å². The number of benzene rings is 2. The lowest BCUT2D eigenvalue weighted by Gasteiger charge is -2.24. The average Bonchev–Trinajstić information content (AvgIpc) is 2.43. The molecule has 0 fully saturated rings. The third-order valence-electron chi connectivity index (χ3n) is 3.20. The van der Waals surface area contributed by atoms with Gasteiger partial charge >= 0.3 is 0 Å². The Morgan fingerprint density at radius 1 is 1.10 bits per heavy atom. The van der Waals surface area contributed by atoms with Crippen molar-refractivity contribution in [2.45, 2.75) is 20.0 Å². The molecule has 0 radical (unpaired) electrons. The highest BCUT2D eigenvalue weighted by Crippen LogP contribution is 2.29. The van der Waals surface area contributed by atoms with Gasteiger partial charge < -0.3 is 10.0 Å². The van der Waals surface area contributed by atoms with Gasteiger partial charge in [0.1, 0.15) is 11.6 Å². The first-order chi connectivity index (χ1) is 9.52. The second-order valence-corrected chi connectivity index (χ2v) is 4.61. The molecule has 2 aromatic rings. The Kier molecular flexibility index (Phi) is 4.35. The number of aliphatic hydroxyl groups is 1. The Hall–Kier alpha value is -1.94. The zero-order valence-electron chi connectivity index (χ0n) is 11.5. The Bertz CT molecular complexity index is 582. The van der Waals surface area contributed by atoms with E-state index in [0.717, 1.165) is 5.69 Å². The SMILES string of the molecule is CCN(c1ccc(F)cc1)c1ccc([C@H](C)O)cc1F. The van der Waals surface area contributed by atoms with Gasteiger partial charge in [0.2, 0.25) is 0 Å². The number of hydrogen-bond acceptors (Lipinski definition) is 2. The van der Waals surface area contributed by atoms with Gasteiger partial charge in [-0.05, 0) is 55.8 Å². The summed E-state index contributed by atoms with van der Waals surface area (Å²) >= 11 is 0. The highest BCUT2D eigenvalue weighted by atomic mass is 19.1. The predicted molar refractivity (Wildman–Crippen MR) is 76.1 cm³/mol. The van der Waals surface area contributed by atoms with Crippen LogP contribution in [0.25, 0.3) is 0 Å². The molecule has 0 heterocycles. The predicted octanol–water partition coefficient (Wildman–Crippen LogP) is 4.18. The van der Waals surface area contributed by atoms with Gasteiger partial charge in [0.05, 0.1) is 11.8 Å². The molecule has 0 amide bonds. The fourth-order valence-electron chi connectivity index (χ4n) is 2.11. The number of halogens is 2. The van der Waals surface area contributed by atoms with Gasteiger partial charge in [0.15, 0.2) is 0 Å². The minimum atomic E-state index is -0.709. The van der Waals surface area contributed by atoms with Gasteiger partial charge in [-0.25, -0.2) is 8.78 Å². The maximum atomic E-state index is 14.2. The third-order valence-corrected chi connectivity index (χ3v) is 3.20. The van der Waals surface area contributed by atoms with Gasteiger partial charge in [-0.3, -0.25) is 0 Å². The first-order valence-corrected chi connectivity index (χ1v) is 6.53. The van der Waals surface area contributed by atoms with Crippen molar-refractivity contribution >= 4 is 11.4 Å². The van der Waals surface area contributed by atoms with Crippen molar-refractivity contribution in [2.75, 3.05) is 11.4 Å². The highest BCUT2D eigenvalue weighted by Gasteiger charge is 2.14. The summed E-state index contributed by atoms with van der Waals surface area (Å²) in [5.74, 6) is -0.732. The molecule has 0 aliphatic carbocycles. The molecule has 20 heavy (non-hydrogen) atoms. The summed E-state index contributed by atoms with van der Waals surface area (Å²) in [4.78, 5) is 1.75. The lowest BCUT2D eigenvalue weighted by Crippen LogP contribution is -2.17. The summed E-state index contributed by atoms with van der Waals surface area (Å²) < 4.78 is 27.1. The quantitative estimate of drug-likeness (QED) is 0.906. The molecule has 4 heteroatoms. The summed E-state index contributed by atoms with van der Waals surface area (Å²) in [5, 5.41) is 9.46. The van der Waals surface area contributed by atoms with E-state index in [1.165, 1.54) is 18.2 Å². The van der Waals surface area contributed by atoms with Crippen LogP contribution in [0.5, 0.6) is 0 Å². The number of nitrogens with zero attached hydrogens (tertiary/aromatic N) is 1. The standard InChI is InChI=1S/C16H17F2NO/c1-3-19(14-7-5-13(17)6-8-14)16-9-4-12(11(2)20)10-15(16)18/h4-11,20H,3H2,1-2H3/t11-/m0/s1. The average molecular weight is 277 g/mol. The Balaban J connectivity index is 2.39. The van der Waals surface area contributed by atoms with E-state index in [4.69, 9.17) is 0 Å². The molecule has 0 bridgehead atoms. The second-order valence-electron chi connectivity index (χ2n) is 4.61. The summed E-state index contributed by atoms with van der Waals surface area (Å²) in [6.07, 6.45) is -0.709. The van der Waals surface area contributed by atoms with Crippen LogP contribution in [0, 0.1) is 11.6 Å². The molecule has 2 nitrogen and oxygen atoms in total. The Labute approximate surface area is 117 Å². The van der Waals surface area contributed by atoms with Crippen LogP contribution in [0.3, 0.4) is 0 Å². The van der Waals surface area contributed by atoms with Crippen LogP contribution in [0.1, 0.15) is 25.5 Å². The van der Waals surface area contributed by atoms with E-state index in [2.05, 4.69) is 0 Å². The maximum absolute atomic E-state index is 14.2. The van der Waals surface area contributed by atoms with Crippen LogP contribution in [-0.4, -0.2) is 11.7 Å². The van der Waals surface area contributed by atoms with Gasteiger partial charge in [-0.1, -0.05) is 6.07 Å². The van der Waals surface area contributed by atoms with Crippen molar-refractivity contribution in [1.29, 1.82) is 0 Å². The second kappa shape index (κ2) is 6.01. The van der Waals surface area contributed by atoms with Gasteiger partial charge in [-0.2, -0.15) is 0 Å². The summed E-state index contributed by atoms with van der Waals surface area (Å²) in [6, 6.07) is 10.6. The van der Waals surface area contributed by atoms with Crippen molar-refractivity contribution in [2.24, 2.45) is 0 Å². The first kappa shape index (κ1) is 14.5. The van der Waals surface area contributed by atoms with Crippen molar-refractivity contribution in [1.82, 2.24) is 0 Å². The molecule has 0 aliphatic rings. The van der Waals surface area contributed by atoms with E-state index in [1.54, 1.807) is 36.1 Å². The summed E-state index contributed by atoms with van der Waals surface area (Å²) in [7, 11) is 0. The van der Waals surface area contributed by atoms with E-state index in [0.29, 0.717) is 17.8 Å². The molecule has 0 aliphatic heterocycles. The van der Waals surface area contributed by atoms with E-state index in [-0.39, 0.29) is 5.82 Å². The lowest BCUT2D eigenvalue weighted by atomic mass is 10.1. The minimum Gasteiger partial charge on any atom is -0.389 e. The topological polar surface area (TPSA) is 23.5 Å². The molecule has 0 saturated carbocycles. The molecule has 1 atom stereocenters. The molecule has 0 aromatic heterocycles. The number of aliphatic hydroxyl groups excluding tert-OH is 1. The first-order valence-electron chi connectivity index (χ1n) is 6.53. The summed E-state index contributed by atoms with van der Waals surface area (Å²) in [5.41, 5.74) is 1.66. The van der Waals surface area contributed by atoms with Crippen molar-refractivity contribution in [3.05, 3.63) is 59.7 Å². The van der Waals surface area contributed by atoms with Crippen LogP contribution >= 0.6 is 0 Å². The molecule has 0 saturated heterocycles. The van der Waals surface area contributed by atoms with Crippen LogP contribution in [0.4, 0.5) is 20.2 Å². The maximum Gasteiger partial charge on any atom is 0.147 e. The third kappa shape index (κ3) is 2.96. The van der Waals surface area contributed by atoms with Crippen molar-refractivity contribution < 1.29 is 13.9 Å². The van der Waals surface area contributed by atoms with Crippen molar-refractivity contribution in [3.63, 3.8) is 0 Å². The fraction of sp³-hybridized carbons (Fsp3) is 0.250. The van der Waals surface area contributed by atoms with E-state index < -0.39 is 11.9 Å². The monoisotopic (exact) mass is 277 g/mol. The van der Waals surface area contributed by atoms with Crippen molar-refractivity contribution in [3.8, 4) is 0 Å². The zero-order chi connectivity index (χ0) is 14.7. The number of rotatable bonds is 4. The Morgan fingerprint density at radius 2 is 1.75 bits per heavy atom. The van der Waals surface area contributed by atoms with Crippen LogP contribution in [-0.2, 0) is 0 Å². The van der Waals surface area contributed by atoms with Crippen LogP contribution < -0.4 is 4.90 Å². The van der Waals surface area contributed by atoms with Crippen LogP contribution in [0.2, 0.25) is 0 Å². The largest absolute Gasteiger partial charge is 0.389 e. The van der Waals surface area contributed by atoms with Gasteiger partial charge in [-0.15, -0.1) is 0 Å². The van der Waals surface area contributed by atoms with E-state index in [1.807, 2.05) is 6.92 Å². The molecular weight excluding hydrogens is 260 g/mol. The molecule has 0 spiro atoms. The normalized spacial score (nSPS) is 12.2. The smallest absolute Gasteiger partial charge is 0.147 e. The van der Waals surface area contributed by atoms with E-state index in [9.17, 15) is 13.9 Å². The minimum absolute atomic E-state index is 0.324. The van der Waals surface area contributed by atoms with Crippen LogP contribution in [0.15, 0.2) is 42.5 Å². The molecule has 0 unspecified atom stereocenters. The number of anilines is 2. The van der Waals surface area contributed by atoms with Gasteiger partial charge in [0, 0.05) is 12.2 Å². The zero-order valence-corrected chi connectivity index (χ0v) is 11.5. The Morgan fingerprint density at radius 3 is 2.25 bits per heavy atom. The lowest BCUT2D eigenvalue weighted by molar-refractivity contribution is 0.199. The van der Waals surface area contributed by atoms with E-state index >= 15 is 0 Å². The fourth-order valence-corrected chi connectivity index (χ4v) is 2.11. The molecule has 2 rings (SSSR count). The highest BCUT2D eigenvalue weighted by molar-refractivity contribution is 5.64. The molecule has 106 valence electrons. The summed E-state index contributed by atoms with van der Waals surface area (Å²) in [6.45, 7) is 4.04. The molecule has 2 aromatic carbocycles. The number of hydrogen-bond donors (Lipinski definition) is 1. The molecular formula is C16H17F2NO.